The molecule has 0 saturated carbocycles. The topological polar surface area (TPSA) is 72.1 Å². The van der Waals surface area contributed by atoms with Crippen LogP contribution in [0, 0.1) is 5.92 Å². The molecule has 2 N–H and O–H groups in total. The van der Waals surface area contributed by atoms with Gasteiger partial charge in [-0.1, -0.05) is 25.3 Å². The maximum absolute atomic E-state index is 12.5. The van der Waals surface area contributed by atoms with Crippen molar-refractivity contribution < 1.29 is 4.79 Å². The molecule has 1 aromatic heterocycles. The molecular weight excluding hydrogens is 248 g/mol. The number of hydrogen-bond donors (Lipinski definition) is 1. The number of nitrogens with two attached hydrogens (primary N) is 1. The number of hydrogen-bond acceptors (Lipinski definition) is 5. The van der Waals surface area contributed by atoms with Gasteiger partial charge in [-0.25, -0.2) is 0 Å². The molecule has 2 rings (SSSR count). The van der Waals surface area contributed by atoms with Gasteiger partial charge in [-0.05, 0) is 29.8 Å². The number of nitrogens with zero attached hydrogens (tertiary/aromatic N) is 3. The zero-order chi connectivity index (χ0) is 13.3. The summed E-state index contributed by atoms with van der Waals surface area (Å²) in [5.41, 5.74) is 6.79. The number of likely N-dealkylation sites (tertiary alicyclic amines) is 1. The first kappa shape index (κ1) is 13.4. The molecule has 1 fully saturated rings. The highest BCUT2D eigenvalue weighted by Gasteiger charge is 2.29. The molecule has 2 unspecified atom stereocenters. The summed E-state index contributed by atoms with van der Waals surface area (Å²) in [4.78, 5) is 15.0. The van der Waals surface area contributed by atoms with E-state index in [0.29, 0.717) is 10.8 Å². The van der Waals surface area contributed by atoms with Crippen LogP contribution in [0.3, 0.4) is 0 Å². The smallest absolute Gasteiger partial charge is 0.267 e. The Balaban J connectivity index is 2.14. The molecule has 0 bridgehead atoms. The Morgan fingerprint density at radius 3 is 2.89 bits per heavy atom. The normalized spacial score (nSPS) is 24.6. The van der Waals surface area contributed by atoms with Crippen LogP contribution in [0.1, 0.15) is 48.5 Å². The van der Waals surface area contributed by atoms with Gasteiger partial charge in [0, 0.05) is 19.1 Å². The summed E-state index contributed by atoms with van der Waals surface area (Å²) in [6.07, 6.45) is 0.871. The third-order valence-electron chi connectivity index (χ3n) is 3.51. The average molecular weight is 268 g/mol. The summed E-state index contributed by atoms with van der Waals surface area (Å²) < 4.78 is 3.91. The number of rotatable bonds is 2. The van der Waals surface area contributed by atoms with E-state index in [4.69, 9.17) is 5.73 Å². The first-order chi connectivity index (χ1) is 8.50. The van der Waals surface area contributed by atoms with Crippen molar-refractivity contribution in [3.63, 3.8) is 0 Å². The van der Waals surface area contributed by atoms with Gasteiger partial charge in [-0.15, -0.1) is 5.10 Å². The molecule has 1 amide bonds. The fourth-order valence-corrected chi connectivity index (χ4v) is 3.00. The van der Waals surface area contributed by atoms with E-state index in [0.717, 1.165) is 25.2 Å². The van der Waals surface area contributed by atoms with Crippen molar-refractivity contribution in [3.05, 3.63) is 10.6 Å². The van der Waals surface area contributed by atoms with E-state index in [-0.39, 0.29) is 17.9 Å². The molecule has 0 aromatic carbocycles. The Hall–Kier alpha value is -1.01. The maximum Gasteiger partial charge on any atom is 0.267 e. The van der Waals surface area contributed by atoms with Crippen molar-refractivity contribution >= 4 is 17.4 Å². The maximum atomic E-state index is 12.5. The highest BCUT2D eigenvalue weighted by molar-refractivity contribution is 7.08. The molecule has 1 aliphatic heterocycles. The van der Waals surface area contributed by atoms with Crippen molar-refractivity contribution in [1.82, 2.24) is 14.5 Å². The molecule has 2 atom stereocenters. The summed E-state index contributed by atoms with van der Waals surface area (Å²) in [5, 5.41) is 4.06. The Labute approximate surface area is 112 Å². The van der Waals surface area contributed by atoms with Gasteiger partial charge in [0.1, 0.15) is 4.88 Å². The molecule has 5 nitrogen and oxygen atoms in total. The Morgan fingerprint density at radius 2 is 2.28 bits per heavy atom. The fourth-order valence-electron chi connectivity index (χ4n) is 2.22. The van der Waals surface area contributed by atoms with E-state index in [1.165, 1.54) is 11.5 Å². The van der Waals surface area contributed by atoms with Crippen LogP contribution in [0.2, 0.25) is 0 Å². The molecule has 2 heterocycles. The molecule has 0 spiro atoms. The third kappa shape index (κ3) is 2.54. The van der Waals surface area contributed by atoms with Crippen LogP contribution in [-0.4, -0.2) is 39.5 Å². The molecule has 6 heteroatoms. The Morgan fingerprint density at radius 1 is 1.56 bits per heavy atom. The summed E-state index contributed by atoms with van der Waals surface area (Å²) in [6.45, 7) is 7.62. The molecule has 0 radical (unpaired) electrons. The van der Waals surface area contributed by atoms with Crippen LogP contribution in [0.4, 0.5) is 0 Å². The van der Waals surface area contributed by atoms with Crippen LogP contribution in [0.5, 0.6) is 0 Å². The molecule has 1 aromatic rings. The second-order valence-corrected chi connectivity index (χ2v) is 6.08. The van der Waals surface area contributed by atoms with Gasteiger partial charge >= 0.3 is 0 Å². The van der Waals surface area contributed by atoms with Gasteiger partial charge in [0.2, 0.25) is 0 Å². The van der Waals surface area contributed by atoms with E-state index in [9.17, 15) is 4.79 Å². The zero-order valence-electron chi connectivity index (χ0n) is 11.1. The molecule has 1 saturated heterocycles. The lowest BCUT2D eigenvalue weighted by Crippen LogP contribution is -2.48. The molecular formula is C12H20N4OS. The summed E-state index contributed by atoms with van der Waals surface area (Å²) in [6, 6.07) is 0.207. The summed E-state index contributed by atoms with van der Waals surface area (Å²) >= 11 is 1.20. The summed E-state index contributed by atoms with van der Waals surface area (Å²) in [7, 11) is 0. The van der Waals surface area contributed by atoms with Crippen LogP contribution in [0.25, 0.3) is 0 Å². The molecule has 18 heavy (non-hydrogen) atoms. The van der Waals surface area contributed by atoms with Crippen molar-refractivity contribution in [1.29, 1.82) is 0 Å². The van der Waals surface area contributed by atoms with Crippen LogP contribution >= 0.6 is 11.5 Å². The van der Waals surface area contributed by atoms with Crippen molar-refractivity contribution in [3.8, 4) is 0 Å². The van der Waals surface area contributed by atoms with E-state index < -0.39 is 0 Å². The third-order valence-corrected chi connectivity index (χ3v) is 4.24. The second kappa shape index (κ2) is 5.32. The van der Waals surface area contributed by atoms with Gasteiger partial charge in [-0.2, -0.15) is 0 Å². The van der Waals surface area contributed by atoms with Crippen LogP contribution in [-0.2, 0) is 0 Å². The largest absolute Gasteiger partial charge is 0.337 e. The lowest BCUT2D eigenvalue weighted by Gasteiger charge is -2.34. The van der Waals surface area contributed by atoms with E-state index in [2.05, 4.69) is 16.5 Å². The van der Waals surface area contributed by atoms with Crippen molar-refractivity contribution in [2.45, 2.75) is 39.2 Å². The molecule has 100 valence electrons. The Bertz CT molecular complexity index is 431. The number of piperidine rings is 1. The SMILES string of the molecule is CC(C)c1nnsc1C(=O)N1CCC(N)C(C)C1. The standard InChI is InChI=1S/C12H20N4OS/c1-7(2)10-11(18-15-14-10)12(17)16-5-4-9(13)8(3)6-16/h7-9H,4-6,13H2,1-3H3. The van der Waals surface area contributed by atoms with Crippen molar-refractivity contribution in [2.75, 3.05) is 13.1 Å². The lowest BCUT2D eigenvalue weighted by atomic mass is 9.94. The minimum Gasteiger partial charge on any atom is -0.337 e. The summed E-state index contributed by atoms with van der Waals surface area (Å²) in [5.74, 6) is 0.644. The second-order valence-electron chi connectivity index (χ2n) is 5.32. The highest BCUT2D eigenvalue weighted by Crippen LogP contribution is 2.24. The Kier molecular flexibility index (Phi) is 3.97. The predicted octanol–water partition coefficient (Wildman–Crippen LogP) is 1.47. The van der Waals surface area contributed by atoms with Gasteiger partial charge in [-0.3, -0.25) is 4.79 Å². The van der Waals surface area contributed by atoms with E-state index in [1.807, 2.05) is 18.7 Å². The molecule has 1 aliphatic rings. The number of amides is 1. The number of carbonyl (C=O) groups is 1. The number of carbonyl (C=O) groups excluding carboxylic acids is 1. The highest BCUT2D eigenvalue weighted by atomic mass is 32.1. The van der Waals surface area contributed by atoms with Gasteiger partial charge in [0.05, 0.1) is 5.69 Å². The molecule has 0 aliphatic carbocycles. The first-order valence-corrected chi connectivity index (χ1v) is 7.15. The van der Waals surface area contributed by atoms with Gasteiger partial charge < -0.3 is 10.6 Å². The lowest BCUT2D eigenvalue weighted by molar-refractivity contribution is 0.0667. The number of aromatic nitrogens is 2. The minimum atomic E-state index is 0.0625. The van der Waals surface area contributed by atoms with E-state index in [1.54, 1.807) is 0 Å². The fraction of sp³-hybridized carbons (Fsp3) is 0.750. The predicted molar refractivity (Wildman–Crippen MR) is 71.7 cm³/mol. The quantitative estimate of drug-likeness (QED) is 0.881. The first-order valence-electron chi connectivity index (χ1n) is 6.37. The van der Waals surface area contributed by atoms with Gasteiger partial charge in [0.25, 0.3) is 5.91 Å². The van der Waals surface area contributed by atoms with Gasteiger partial charge in [0.15, 0.2) is 0 Å². The average Bonchev–Trinajstić information content (AvgIpc) is 2.81. The van der Waals surface area contributed by atoms with Crippen molar-refractivity contribution in [2.24, 2.45) is 11.7 Å². The van der Waals surface area contributed by atoms with Crippen LogP contribution in [0.15, 0.2) is 0 Å². The van der Waals surface area contributed by atoms with E-state index >= 15 is 0 Å². The monoisotopic (exact) mass is 268 g/mol. The minimum absolute atomic E-state index is 0.0625. The van der Waals surface area contributed by atoms with Crippen LogP contribution < -0.4 is 5.73 Å². The zero-order valence-corrected chi connectivity index (χ0v) is 11.9.